The van der Waals surface area contributed by atoms with Crippen LogP contribution in [0, 0.1) is 0 Å². The summed E-state index contributed by atoms with van der Waals surface area (Å²) in [5.74, 6) is -0.856. The highest BCUT2D eigenvalue weighted by Crippen LogP contribution is 2.20. The first kappa shape index (κ1) is 13.4. The van der Waals surface area contributed by atoms with E-state index < -0.39 is 5.97 Å². The van der Waals surface area contributed by atoms with Crippen molar-refractivity contribution < 1.29 is 14.7 Å². The van der Waals surface area contributed by atoms with E-state index in [9.17, 15) is 9.59 Å². The molecule has 1 saturated carbocycles. The molecule has 1 aliphatic rings. The van der Waals surface area contributed by atoms with E-state index in [4.69, 9.17) is 5.11 Å². The highest BCUT2D eigenvalue weighted by atomic mass is 16.4. The lowest BCUT2D eigenvalue weighted by atomic mass is 10.0. The second-order valence-electron chi connectivity index (χ2n) is 4.79. The standard InChI is InChI=1S/C14H18N2O3/c17-13(18)9-8-12(10-4-2-1-3-5-10)16-14(19)15-11-6-7-11/h1-5,11-12H,6-9H2,(H,17,18)(H2,15,16,19). The van der Waals surface area contributed by atoms with Gasteiger partial charge in [0, 0.05) is 12.5 Å². The number of hydrogen-bond donors (Lipinski definition) is 3. The van der Waals surface area contributed by atoms with E-state index in [1.165, 1.54) is 0 Å². The topological polar surface area (TPSA) is 78.4 Å². The van der Waals surface area contributed by atoms with E-state index in [0.29, 0.717) is 6.42 Å². The van der Waals surface area contributed by atoms with E-state index in [1.54, 1.807) is 0 Å². The molecule has 5 heteroatoms. The Morgan fingerprint density at radius 2 is 1.95 bits per heavy atom. The van der Waals surface area contributed by atoms with E-state index in [0.717, 1.165) is 18.4 Å². The van der Waals surface area contributed by atoms with Crippen LogP contribution in [0.1, 0.15) is 37.3 Å². The minimum absolute atomic E-state index is 0.0310. The predicted molar refractivity (Wildman–Crippen MR) is 70.7 cm³/mol. The van der Waals surface area contributed by atoms with E-state index in [2.05, 4.69) is 10.6 Å². The normalized spacial score (nSPS) is 15.6. The molecule has 5 nitrogen and oxygen atoms in total. The Balaban J connectivity index is 1.96. The van der Waals surface area contributed by atoms with Crippen molar-refractivity contribution in [3.63, 3.8) is 0 Å². The van der Waals surface area contributed by atoms with Crippen molar-refractivity contribution in [3.8, 4) is 0 Å². The molecule has 19 heavy (non-hydrogen) atoms. The van der Waals surface area contributed by atoms with E-state index in [1.807, 2.05) is 30.3 Å². The van der Waals surface area contributed by atoms with Crippen molar-refractivity contribution in [2.45, 2.75) is 37.8 Å². The van der Waals surface area contributed by atoms with Gasteiger partial charge in [-0.15, -0.1) is 0 Å². The van der Waals surface area contributed by atoms with Gasteiger partial charge in [-0.1, -0.05) is 30.3 Å². The number of amides is 2. The number of carboxylic acid groups (broad SMARTS) is 1. The van der Waals surface area contributed by atoms with Crippen molar-refractivity contribution in [3.05, 3.63) is 35.9 Å². The third-order valence-electron chi connectivity index (χ3n) is 3.07. The second kappa shape index (κ2) is 6.22. The van der Waals surface area contributed by atoms with Crippen LogP contribution >= 0.6 is 0 Å². The summed E-state index contributed by atoms with van der Waals surface area (Å²) in [7, 11) is 0. The summed E-state index contributed by atoms with van der Waals surface area (Å²) in [5, 5.41) is 14.5. The number of benzene rings is 1. The summed E-state index contributed by atoms with van der Waals surface area (Å²) in [6, 6.07) is 9.23. The van der Waals surface area contributed by atoms with Crippen LogP contribution in [0.25, 0.3) is 0 Å². The van der Waals surface area contributed by atoms with Crippen LogP contribution in [-0.4, -0.2) is 23.1 Å². The van der Waals surface area contributed by atoms with Gasteiger partial charge in [0.25, 0.3) is 0 Å². The van der Waals surface area contributed by atoms with Gasteiger partial charge in [0.05, 0.1) is 6.04 Å². The number of carboxylic acids is 1. The fourth-order valence-electron chi connectivity index (χ4n) is 1.89. The molecular formula is C14H18N2O3. The number of aliphatic carboxylic acids is 1. The molecule has 1 atom stereocenters. The first-order chi connectivity index (χ1) is 9.15. The average Bonchev–Trinajstić information content (AvgIpc) is 3.19. The molecule has 1 aliphatic carbocycles. The predicted octanol–water partition coefficient (Wildman–Crippen LogP) is 2.05. The smallest absolute Gasteiger partial charge is 0.315 e. The molecule has 2 amide bonds. The van der Waals surface area contributed by atoms with Crippen molar-refractivity contribution in [2.75, 3.05) is 0 Å². The number of carbonyl (C=O) groups is 2. The highest BCUT2D eigenvalue weighted by molar-refractivity contribution is 5.75. The largest absolute Gasteiger partial charge is 0.481 e. The van der Waals surface area contributed by atoms with Crippen LogP contribution in [0.2, 0.25) is 0 Å². The lowest BCUT2D eigenvalue weighted by molar-refractivity contribution is -0.137. The van der Waals surface area contributed by atoms with Crippen molar-refractivity contribution in [1.82, 2.24) is 10.6 Å². The maximum absolute atomic E-state index is 11.8. The van der Waals surface area contributed by atoms with Crippen LogP contribution in [0.5, 0.6) is 0 Å². The Hall–Kier alpha value is -2.04. The summed E-state index contributed by atoms with van der Waals surface area (Å²) in [5.41, 5.74) is 0.926. The first-order valence-electron chi connectivity index (χ1n) is 6.49. The van der Waals surface area contributed by atoms with Crippen LogP contribution in [0.15, 0.2) is 30.3 Å². The van der Waals surface area contributed by atoms with Gasteiger partial charge in [0.1, 0.15) is 0 Å². The number of carbonyl (C=O) groups excluding carboxylic acids is 1. The Labute approximate surface area is 112 Å². The Morgan fingerprint density at radius 3 is 2.53 bits per heavy atom. The van der Waals surface area contributed by atoms with E-state index in [-0.39, 0.29) is 24.5 Å². The summed E-state index contributed by atoms with van der Waals surface area (Å²) in [6.45, 7) is 0. The van der Waals surface area contributed by atoms with Crippen molar-refractivity contribution in [1.29, 1.82) is 0 Å². The van der Waals surface area contributed by atoms with Gasteiger partial charge < -0.3 is 15.7 Å². The van der Waals surface area contributed by atoms with Crippen molar-refractivity contribution >= 4 is 12.0 Å². The average molecular weight is 262 g/mol. The number of hydrogen-bond acceptors (Lipinski definition) is 2. The van der Waals surface area contributed by atoms with Gasteiger partial charge in [-0.2, -0.15) is 0 Å². The summed E-state index contributed by atoms with van der Waals surface area (Å²) in [6.07, 6.45) is 2.47. The minimum Gasteiger partial charge on any atom is -0.481 e. The number of nitrogens with one attached hydrogen (secondary N) is 2. The SMILES string of the molecule is O=C(O)CCC(NC(=O)NC1CC1)c1ccccc1. The zero-order chi connectivity index (χ0) is 13.7. The van der Waals surface area contributed by atoms with Gasteiger partial charge in [0.15, 0.2) is 0 Å². The number of urea groups is 1. The zero-order valence-electron chi connectivity index (χ0n) is 10.6. The van der Waals surface area contributed by atoms with Crippen LogP contribution < -0.4 is 10.6 Å². The third-order valence-corrected chi connectivity index (χ3v) is 3.07. The van der Waals surface area contributed by atoms with Gasteiger partial charge >= 0.3 is 12.0 Å². The monoisotopic (exact) mass is 262 g/mol. The molecule has 2 rings (SSSR count). The molecule has 0 aliphatic heterocycles. The van der Waals surface area contributed by atoms with Gasteiger partial charge in [0.2, 0.25) is 0 Å². The van der Waals surface area contributed by atoms with Crippen molar-refractivity contribution in [2.24, 2.45) is 0 Å². The number of rotatable bonds is 6. The Morgan fingerprint density at radius 1 is 1.26 bits per heavy atom. The fraction of sp³-hybridized carbons (Fsp3) is 0.429. The Bertz CT molecular complexity index is 443. The molecule has 0 heterocycles. The zero-order valence-corrected chi connectivity index (χ0v) is 10.6. The summed E-state index contributed by atoms with van der Waals surface area (Å²) < 4.78 is 0. The maximum Gasteiger partial charge on any atom is 0.315 e. The summed E-state index contributed by atoms with van der Waals surface area (Å²) >= 11 is 0. The minimum atomic E-state index is -0.856. The molecule has 1 aromatic rings. The first-order valence-corrected chi connectivity index (χ1v) is 6.49. The van der Waals surface area contributed by atoms with Crippen LogP contribution in [0.4, 0.5) is 4.79 Å². The highest BCUT2D eigenvalue weighted by Gasteiger charge is 2.24. The molecule has 1 fully saturated rings. The Kier molecular flexibility index (Phi) is 4.39. The van der Waals surface area contributed by atoms with Crippen LogP contribution in [-0.2, 0) is 4.79 Å². The fourth-order valence-corrected chi connectivity index (χ4v) is 1.89. The molecule has 0 saturated heterocycles. The molecule has 102 valence electrons. The van der Waals surface area contributed by atoms with Gasteiger partial charge in [-0.05, 0) is 24.8 Å². The quantitative estimate of drug-likeness (QED) is 0.734. The molecule has 0 radical (unpaired) electrons. The van der Waals surface area contributed by atoms with Gasteiger partial charge in [-0.25, -0.2) is 4.79 Å². The lowest BCUT2D eigenvalue weighted by Crippen LogP contribution is -2.39. The third kappa shape index (κ3) is 4.62. The molecule has 0 bridgehead atoms. The molecule has 1 unspecified atom stereocenters. The van der Waals surface area contributed by atoms with Gasteiger partial charge in [-0.3, -0.25) is 4.79 Å². The van der Waals surface area contributed by atoms with Crippen LogP contribution in [0.3, 0.4) is 0 Å². The maximum atomic E-state index is 11.8. The second-order valence-corrected chi connectivity index (χ2v) is 4.79. The molecule has 1 aromatic carbocycles. The molecule has 3 N–H and O–H groups in total. The molecule has 0 spiro atoms. The lowest BCUT2D eigenvalue weighted by Gasteiger charge is -2.18. The molecular weight excluding hydrogens is 244 g/mol. The summed E-state index contributed by atoms with van der Waals surface area (Å²) in [4.78, 5) is 22.4. The van der Waals surface area contributed by atoms with E-state index >= 15 is 0 Å². The molecule has 0 aromatic heterocycles.